The number of anilines is 1. The van der Waals surface area contributed by atoms with Crippen molar-refractivity contribution in [3.05, 3.63) is 48.0 Å². The zero-order chi connectivity index (χ0) is 22.5. The van der Waals surface area contributed by atoms with E-state index in [4.69, 9.17) is 9.47 Å². The third-order valence-electron chi connectivity index (χ3n) is 3.70. The average Bonchev–Trinajstić information content (AvgIpc) is 2.65. The van der Waals surface area contributed by atoms with E-state index in [1.54, 1.807) is 30.3 Å². The molecule has 0 spiro atoms. The summed E-state index contributed by atoms with van der Waals surface area (Å²) in [5, 5.41) is 2.22. The Labute approximate surface area is 174 Å². The van der Waals surface area contributed by atoms with Gasteiger partial charge in [-0.3, -0.25) is 9.59 Å². The van der Waals surface area contributed by atoms with Crippen molar-refractivity contribution >= 4 is 37.9 Å². The van der Waals surface area contributed by atoms with Crippen molar-refractivity contribution in [2.45, 2.75) is 0 Å². The van der Waals surface area contributed by atoms with Gasteiger partial charge in [-0.1, -0.05) is 18.2 Å². The van der Waals surface area contributed by atoms with Crippen LogP contribution in [0.25, 0.3) is 0 Å². The summed E-state index contributed by atoms with van der Waals surface area (Å²) in [4.78, 5) is 23.0. The van der Waals surface area contributed by atoms with E-state index in [0.29, 0.717) is 6.41 Å². The second-order valence-corrected chi connectivity index (χ2v) is 9.97. The van der Waals surface area contributed by atoms with E-state index in [0.717, 1.165) is 18.6 Å². The van der Waals surface area contributed by atoms with E-state index in [2.05, 4.69) is 5.32 Å². The smallest absolute Gasteiger partial charge is 0.245 e. The fourth-order valence-corrected chi connectivity index (χ4v) is 5.58. The third kappa shape index (κ3) is 5.48. The largest absolute Gasteiger partial charge is 0.496 e. The number of benzene rings is 2. The number of nitrogens with one attached hydrogen (secondary N) is 1. The number of carbonyl (C=O) groups excluding carboxylic acids is 2. The number of Topliss-reactive ketones (excluding diaryl/α,β-unsaturated/α-hetero) is 1. The lowest BCUT2D eigenvalue weighted by molar-refractivity contribution is -0.109. The predicted molar refractivity (Wildman–Crippen MR) is 110 cm³/mol. The maximum atomic E-state index is 12.5. The molecular weight excluding hydrogens is 436 g/mol. The third-order valence-corrected chi connectivity index (χ3v) is 6.92. The molecule has 30 heavy (non-hydrogen) atoms. The fourth-order valence-electron chi connectivity index (χ4n) is 2.61. The summed E-state index contributed by atoms with van der Waals surface area (Å²) < 4.78 is 60.2. The van der Waals surface area contributed by atoms with Crippen molar-refractivity contribution in [3.63, 3.8) is 0 Å². The first-order valence-corrected chi connectivity index (χ1v) is 12.0. The molecule has 1 amide bonds. The maximum absolute atomic E-state index is 12.5. The molecule has 10 nitrogen and oxygen atoms in total. The Balaban J connectivity index is 2.78. The zero-order valence-electron chi connectivity index (χ0n) is 16.4. The number of rotatable bonds is 10. The molecule has 0 aliphatic rings. The van der Waals surface area contributed by atoms with Crippen molar-refractivity contribution in [2.75, 3.05) is 29.9 Å². The van der Waals surface area contributed by atoms with Crippen LogP contribution in [0.15, 0.2) is 42.5 Å². The van der Waals surface area contributed by atoms with Gasteiger partial charge in [-0.2, -0.15) is 3.71 Å². The van der Waals surface area contributed by atoms with Crippen LogP contribution in [0.1, 0.15) is 10.4 Å². The number of ether oxygens (including phenoxy) is 2. The lowest BCUT2D eigenvalue weighted by atomic mass is 10.1. The van der Waals surface area contributed by atoms with Crippen LogP contribution in [0.5, 0.6) is 17.2 Å². The van der Waals surface area contributed by atoms with Gasteiger partial charge in [0, 0.05) is 6.07 Å². The van der Waals surface area contributed by atoms with Crippen LogP contribution in [-0.4, -0.2) is 55.2 Å². The normalized spacial score (nSPS) is 11.4. The van der Waals surface area contributed by atoms with E-state index >= 15 is 0 Å². The molecule has 0 radical (unpaired) electrons. The number of carbonyl (C=O) groups is 2. The Morgan fingerprint density at radius 1 is 1.03 bits per heavy atom. The molecule has 0 bridgehead atoms. The lowest BCUT2D eigenvalue weighted by Crippen LogP contribution is -2.35. The van der Waals surface area contributed by atoms with Crippen LogP contribution in [-0.2, 0) is 24.8 Å². The highest BCUT2D eigenvalue weighted by Crippen LogP contribution is 2.40. The summed E-state index contributed by atoms with van der Waals surface area (Å²) in [5.74, 6) is -0.600. The summed E-state index contributed by atoms with van der Waals surface area (Å²) >= 11 is 0. The van der Waals surface area contributed by atoms with Crippen LogP contribution >= 0.6 is 0 Å². The molecule has 0 saturated heterocycles. The van der Waals surface area contributed by atoms with Crippen molar-refractivity contribution in [3.8, 4) is 17.2 Å². The number of methoxy groups -OCH3 is 1. The van der Waals surface area contributed by atoms with E-state index < -0.39 is 25.8 Å². The minimum Gasteiger partial charge on any atom is -0.496 e. The van der Waals surface area contributed by atoms with Crippen molar-refractivity contribution in [1.82, 2.24) is 5.32 Å². The first kappa shape index (κ1) is 23.2. The zero-order valence-corrected chi connectivity index (χ0v) is 18.0. The number of amides is 1. The Morgan fingerprint density at radius 2 is 1.63 bits per heavy atom. The van der Waals surface area contributed by atoms with Crippen LogP contribution < -0.4 is 18.5 Å². The van der Waals surface area contributed by atoms with Crippen molar-refractivity contribution < 1.29 is 35.9 Å². The molecule has 2 aromatic rings. The molecule has 0 aliphatic carbocycles. The average molecular weight is 456 g/mol. The molecule has 0 heterocycles. The van der Waals surface area contributed by atoms with E-state index in [-0.39, 0.29) is 38.8 Å². The Morgan fingerprint density at radius 3 is 2.13 bits per heavy atom. The first-order chi connectivity index (χ1) is 14.0. The van der Waals surface area contributed by atoms with E-state index in [1.807, 2.05) is 0 Å². The molecule has 0 atom stereocenters. The maximum Gasteiger partial charge on any atom is 0.245 e. The second kappa shape index (κ2) is 9.13. The van der Waals surface area contributed by atoms with Crippen LogP contribution in [0.2, 0.25) is 0 Å². The fraction of sp³-hybridized carbons (Fsp3) is 0.222. The van der Waals surface area contributed by atoms with Gasteiger partial charge in [0.1, 0.15) is 17.2 Å². The van der Waals surface area contributed by atoms with Crippen LogP contribution in [0, 0.1) is 0 Å². The van der Waals surface area contributed by atoms with Gasteiger partial charge in [-0.05, 0) is 18.2 Å². The summed E-state index contributed by atoms with van der Waals surface area (Å²) in [6, 6.07) is 10.4. The summed E-state index contributed by atoms with van der Waals surface area (Å²) in [6.07, 6.45) is 1.79. The van der Waals surface area contributed by atoms with E-state index in [9.17, 15) is 26.4 Å². The Kier molecular flexibility index (Phi) is 7.05. The van der Waals surface area contributed by atoms with Crippen molar-refractivity contribution in [2.24, 2.45) is 0 Å². The van der Waals surface area contributed by atoms with Gasteiger partial charge in [0.2, 0.25) is 26.5 Å². The Hall–Kier alpha value is -3.12. The number of hydrogen-bond acceptors (Lipinski definition) is 8. The Bertz CT molecular complexity index is 1110. The molecule has 0 fully saturated rings. The highest BCUT2D eigenvalue weighted by atomic mass is 32.3. The molecule has 2 rings (SSSR count). The number of para-hydroxylation sites is 1. The van der Waals surface area contributed by atoms with Gasteiger partial charge in [-0.15, -0.1) is 0 Å². The van der Waals surface area contributed by atoms with E-state index in [1.165, 1.54) is 13.2 Å². The summed E-state index contributed by atoms with van der Waals surface area (Å²) in [6.45, 7) is -0.355. The van der Waals surface area contributed by atoms with Gasteiger partial charge in [-0.25, -0.2) is 16.8 Å². The molecule has 2 aromatic carbocycles. The highest BCUT2D eigenvalue weighted by Gasteiger charge is 2.32. The number of sulfonamides is 2. The van der Waals surface area contributed by atoms with Gasteiger partial charge in [0.05, 0.1) is 31.7 Å². The molecule has 1 N–H and O–H groups in total. The molecule has 162 valence electrons. The monoisotopic (exact) mass is 456 g/mol. The van der Waals surface area contributed by atoms with Gasteiger partial charge in [0.25, 0.3) is 0 Å². The van der Waals surface area contributed by atoms with Crippen LogP contribution in [0.4, 0.5) is 5.69 Å². The number of hydrogen-bond donors (Lipinski definition) is 1. The summed E-state index contributed by atoms with van der Waals surface area (Å²) in [7, 11) is -7.36. The lowest BCUT2D eigenvalue weighted by Gasteiger charge is -2.24. The number of nitrogens with zero attached hydrogens (tertiary/aromatic N) is 1. The highest BCUT2D eigenvalue weighted by molar-refractivity contribution is 8.09. The number of ketones is 1. The minimum atomic E-state index is -4.30. The summed E-state index contributed by atoms with van der Waals surface area (Å²) in [5.41, 5.74) is -0.399. The molecule has 0 unspecified atom stereocenters. The molecular formula is C18H20N2O8S2. The SMILES string of the molecule is COc1cc(N(S(C)(=O)=O)S(C)(=O)=O)c(Oc2ccccc2)cc1C(=O)CNC=O. The molecule has 0 saturated carbocycles. The molecule has 0 aliphatic heterocycles. The van der Waals surface area contributed by atoms with Crippen molar-refractivity contribution in [1.29, 1.82) is 0 Å². The standard InChI is InChI=1S/C18H20N2O8S2/c1-27-17-10-15(20(29(2,23)24)30(3,25)26)18(28-13-7-5-4-6-8-13)9-14(17)16(22)11-19-12-21/h4-10,12H,11H2,1-3H3,(H,19,21). The topological polar surface area (TPSA) is 136 Å². The van der Waals surface area contributed by atoms with Gasteiger partial charge >= 0.3 is 0 Å². The molecule has 12 heteroatoms. The second-order valence-electron chi connectivity index (χ2n) is 6.08. The van der Waals surface area contributed by atoms with Crippen LogP contribution in [0.3, 0.4) is 0 Å². The molecule has 0 aromatic heterocycles. The van der Waals surface area contributed by atoms with Gasteiger partial charge < -0.3 is 14.8 Å². The van der Waals surface area contributed by atoms with Gasteiger partial charge in [0.15, 0.2) is 11.5 Å². The quantitative estimate of drug-likeness (QED) is 0.415. The predicted octanol–water partition coefficient (Wildman–Crippen LogP) is 1.14. The minimum absolute atomic E-state index is 0.0384. The first-order valence-electron chi connectivity index (χ1n) is 8.34.